The molecule has 0 radical (unpaired) electrons. The van der Waals surface area contributed by atoms with E-state index in [2.05, 4.69) is 39.7 Å². The lowest BCUT2D eigenvalue weighted by molar-refractivity contribution is 0.0955. The summed E-state index contributed by atoms with van der Waals surface area (Å²) < 4.78 is 6.55. The highest BCUT2D eigenvalue weighted by Gasteiger charge is 2.26. The van der Waals surface area contributed by atoms with E-state index in [0.29, 0.717) is 21.4 Å². The van der Waals surface area contributed by atoms with Crippen LogP contribution in [0.4, 0.5) is 0 Å². The second kappa shape index (κ2) is 5.53. The average molecular weight is 320 g/mol. The van der Waals surface area contributed by atoms with Crippen LogP contribution < -0.4 is 4.74 Å². The molecule has 0 saturated heterocycles. The van der Waals surface area contributed by atoms with Crippen LogP contribution in [0.5, 0.6) is 5.88 Å². The van der Waals surface area contributed by atoms with Gasteiger partial charge < -0.3 is 4.74 Å². The van der Waals surface area contributed by atoms with E-state index in [9.17, 15) is 0 Å². The first-order chi connectivity index (χ1) is 8.08. The quantitative estimate of drug-likeness (QED) is 0.770. The molecule has 2 rings (SSSR count). The van der Waals surface area contributed by atoms with E-state index >= 15 is 0 Å². The third-order valence-corrected chi connectivity index (χ3v) is 4.77. The molecule has 5 heteroatoms. The molecule has 3 nitrogen and oxygen atoms in total. The average Bonchev–Trinajstić information content (AvgIpc) is 2.30. The molecule has 1 fully saturated rings. The summed E-state index contributed by atoms with van der Waals surface area (Å²) in [5, 5.41) is 0.396. The van der Waals surface area contributed by atoms with Crippen LogP contribution in [0.25, 0.3) is 0 Å². The van der Waals surface area contributed by atoms with Crippen molar-refractivity contribution in [1.82, 2.24) is 9.97 Å². The Morgan fingerprint density at radius 3 is 2.76 bits per heavy atom. The lowest BCUT2D eigenvalue weighted by Gasteiger charge is -2.32. The molecule has 1 aromatic heterocycles. The van der Waals surface area contributed by atoms with Gasteiger partial charge >= 0.3 is 0 Å². The Morgan fingerprint density at radius 1 is 1.29 bits per heavy atom. The summed E-state index contributed by atoms with van der Waals surface area (Å²) in [5.41, 5.74) is 0. The third-order valence-electron chi connectivity index (χ3n) is 3.54. The number of rotatable bonds is 2. The first kappa shape index (κ1) is 13.1. The number of halogens is 2. The van der Waals surface area contributed by atoms with Gasteiger partial charge in [0.05, 0.1) is 0 Å². The Morgan fingerprint density at radius 2 is 2.06 bits per heavy atom. The number of hydrogen-bond acceptors (Lipinski definition) is 3. The van der Waals surface area contributed by atoms with Crippen molar-refractivity contribution in [1.29, 1.82) is 0 Å². The highest BCUT2D eigenvalue weighted by atomic mass is 79.9. The molecule has 1 saturated carbocycles. The summed E-state index contributed by atoms with van der Waals surface area (Å²) in [6, 6.07) is 0. The number of aromatic nitrogens is 2. The fourth-order valence-corrected chi connectivity index (χ4v) is 2.60. The van der Waals surface area contributed by atoms with Crippen LogP contribution in [0.2, 0.25) is 5.15 Å². The van der Waals surface area contributed by atoms with E-state index in [4.69, 9.17) is 16.3 Å². The Hall–Kier alpha value is -0.350. The van der Waals surface area contributed by atoms with Gasteiger partial charge in [-0.15, -0.1) is 0 Å². The van der Waals surface area contributed by atoms with E-state index in [1.54, 1.807) is 0 Å². The molecule has 17 heavy (non-hydrogen) atoms. The molecule has 3 unspecified atom stereocenters. The molecular formula is C12H16BrClN2O. The molecule has 0 bridgehead atoms. The molecule has 0 spiro atoms. The molecule has 0 N–H and O–H groups in total. The maximum Gasteiger partial charge on any atom is 0.232 e. The number of nitrogens with zero attached hydrogens (tertiary/aromatic N) is 2. The van der Waals surface area contributed by atoms with E-state index in [-0.39, 0.29) is 6.10 Å². The van der Waals surface area contributed by atoms with Gasteiger partial charge in [-0.2, -0.15) is 0 Å². The van der Waals surface area contributed by atoms with Crippen molar-refractivity contribution in [2.24, 2.45) is 11.8 Å². The molecule has 0 aromatic carbocycles. The summed E-state index contributed by atoms with van der Waals surface area (Å²) in [6.07, 6.45) is 5.04. The second-order valence-corrected chi connectivity index (χ2v) is 5.94. The van der Waals surface area contributed by atoms with E-state index in [1.807, 2.05) is 0 Å². The van der Waals surface area contributed by atoms with Gasteiger partial charge in [0.2, 0.25) is 5.88 Å². The molecule has 1 heterocycles. The zero-order valence-electron chi connectivity index (χ0n) is 9.99. The maximum absolute atomic E-state index is 5.91. The maximum atomic E-state index is 5.91. The Balaban J connectivity index is 2.04. The molecule has 0 aliphatic heterocycles. The number of hydrogen-bond donors (Lipinski definition) is 0. The highest BCUT2D eigenvalue weighted by Crippen LogP contribution is 2.34. The zero-order chi connectivity index (χ0) is 12.4. The van der Waals surface area contributed by atoms with Crippen molar-refractivity contribution in [3.8, 4) is 5.88 Å². The van der Waals surface area contributed by atoms with E-state index in [0.717, 1.165) is 18.8 Å². The van der Waals surface area contributed by atoms with Gasteiger partial charge in [0.15, 0.2) is 5.15 Å². The highest BCUT2D eigenvalue weighted by molar-refractivity contribution is 9.10. The fraction of sp³-hybridized carbons (Fsp3) is 0.667. The van der Waals surface area contributed by atoms with Crippen LogP contribution >= 0.6 is 27.5 Å². The van der Waals surface area contributed by atoms with Crippen molar-refractivity contribution >= 4 is 27.5 Å². The van der Waals surface area contributed by atoms with Gasteiger partial charge in [-0.25, -0.2) is 9.97 Å². The van der Waals surface area contributed by atoms with Gasteiger partial charge in [0.1, 0.15) is 16.9 Å². The predicted octanol–water partition coefficient (Wildman–Crippen LogP) is 4.10. The summed E-state index contributed by atoms with van der Waals surface area (Å²) in [4.78, 5) is 8.00. The monoisotopic (exact) mass is 318 g/mol. The van der Waals surface area contributed by atoms with Crippen LogP contribution in [-0.4, -0.2) is 16.1 Å². The predicted molar refractivity (Wildman–Crippen MR) is 71.3 cm³/mol. The number of ether oxygens (including phenoxy) is 1. The first-order valence-electron chi connectivity index (χ1n) is 5.90. The molecule has 3 atom stereocenters. The first-order valence-corrected chi connectivity index (χ1v) is 7.07. The van der Waals surface area contributed by atoms with Crippen LogP contribution in [0.1, 0.15) is 33.1 Å². The largest absolute Gasteiger partial charge is 0.473 e. The van der Waals surface area contributed by atoms with Crippen molar-refractivity contribution in [2.75, 3.05) is 0 Å². The third kappa shape index (κ3) is 3.10. The summed E-state index contributed by atoms with van der Waals surface area (Å²) in [5.74, 6) is 2.04. The Kier molecular flexibility index (Phi) is 4.26. The SMILES string of the molecule is CC1CCC(Oc2ncnc(Cl)c2Br)CC1C. The molecule has 0 amide bonds. The molecule has 1 aliphatic carbocycles. The van der Waals surface area contributed by atoms with Crippen molar-refractivity contribution < 1.29 is 4.74 Å². The fourth-order valence-electron chi connectivity index (χ4n) is 2.18. The van der Waals surface area contributed by atoms with E-state index in [1.165, 1.54) is 12.7 Å². The van der Waals surface area contributed by atoms with Crippen molar-refractivity contribution in [2.45, 2.75) is 39.2 Å². The van der Waals surface area contributed by atoms with Crippen molar-refractivity contribution in [3.05, 3.63) is 16.0 Å². The lowest BCUT2D eigenvalue weighted by Crippen LogP contribution is -2.29. The topological polar surface area (TPSA) is 35.0 Å². The zero-order valence-corrected chi connectivity index (χ0v) is 12.3. The normalized spacial score (nSPS) is 29.1. The minimum Gasteiger partial charge on any atom is -0.473 e. The van der Waals surface area contributed by atoms with Crippen LogP contribution in [0, 0.1) is 11.8 Å². The molecular weight excluding hydrogens is 304 g/mol. The summed E-state index contributed by atoms with van der Waals surface area (Å²) in [7, 11) is 0. The summed E-state index contributed by atoms with van der Waals surface area (Å²) >= 11 is 9.26. The Bertz CT molecular complexity index is 402. The van der Waals surface area contributed by atoms with Crippen LogP contribution in [0.3, 0.4) is 0 Å². The second-order valence-electron chi connectivity index (χ2n) is 4.79. The van der Waals surface area contributed by atoms with Gasteiger partial charge in [-0.1, -0.05) is 25.4 Å². The van der Waals surface area contributed by atoms with Gasteiger partial charge in [-0.05, 0) is 47.0 Å². The van der Waals surface area contributed by atoms with E-state index < -0.39 is 0 Å². The van der Waals surface area contributed by atoms with Gasteiger partial charge in [0, 0.05) is 0 Å². The summed E-state index contributed by atoms with van der Waals surface area (Å²) in [6.45, 7) is 4.58. The van der Waals surface area contributed by atoms with Gasteiger partial charge in [-0.3, -0.25) is 0 Å². The smallest absolute Gasteiger partial charge is 0.232 e. The van der Waals surface area contributed by atoms with Crippen LogP contribution in [0.15, 0.2) is 10.8 Å². The Labute approximate surface area is 115 Å². The molecule has 94 valence electrons. The van der Waals surface area contributed by atoms with Gasteiger partial charge in [0.25, 0.3) is 0 Å². The standard InChI is InChI=1S/C12H16BrClN2O/c1-7-3-4-9(5-8(7)2)17-12-10(13)11(14)15-6-16-12/h6-9H,3-5H2,1-2H3. The van der Waals surface area contributed by atoms with Crippen molar-refractivity contribution in [3.63, 3.8) is 0 Å². The lowest BCUT2D eigenvalue weighted by atomic mass is 9.80. The molecule has 1 aromatic rings. The van der Waals surface area contributed by atoms with Crippen LogP contribution in [-0.2, 0) is 0 Å². The minimum absolute atomic E-state index is 0.239. The minimum atomic E-state index is 0.239. The molecule has 1 aliphatic rings.